The van der Waals surface area contributed by atoms with Crippen LogP contribution in [0.25, 0.3) is 0 Å². The first kappa shape index (κ1) is 20.2. The third-order valence-corrected chi connectivity index (χ3v) is 3.40. The molecule has 7 heteroatoms. The smallest absolute Gasteiger partial charge is 0.271 e. The van der Waals surface area contributed by atoms with E-state index in [4.69, 9.17) is 14.2 Å². The van der Waals surface area contributed by atoms with E-state index in [0.717, 1.165) is 0 Å². The molecule has 0 saturated heterocycles. The molecule has 0 aliphatic carbocycles. The first-order chi connectivity index (χ1) is 13.1. The van der Waals surface area contributed by atoms with Gasteiger partial charge < -0.3 is 14.2 Å². The molecule has 0 spiro atoms. The van der Waals surface area contributed by atoms with E-state index in [9.17, 15) is 9.18 Å². The van der Waals surface area contributed by atoms with E-state index in [-0.39, 0.29) is 5.82 Å². The maximum Gasteiger partial charge on any atom is 0.271 e. The Hall–Kier alpha value is -3.09. The minimum atomic E-state index is -0.451. The summed E-state index contributed by atoms with van der Waals surface area (Å²) in [7, 11) is 0. The van der Waals surface area contributed by atoms with Crippen LogP contribution in [0.15, 0.2) is 41.5 Å². The van der Waals surface area contributed by atoms with Gasteiger partial charge in [0.1, 0.15) is 5.82 Å². The van der Waals surface area contributed by atoms with Crippen LogP contribution < -0.4 is 19.6 Å². The molecule has 0 bridgehead atoms. The SMILES string of the molecule is CCOc1cc(C(=O)NN=Cc2cccc(F)c2)cc(OCC)c1OCC. The minimum absolute atomic E-state index is 0.307. The second-order valence-electron chi connectivity index (χ2n) is 5.35. The number of carbonyl (C=O) groups is 1. The van der Waals surface area contributed by atoms with Crippen LogP contribution in [0.3, 0.4) is 0 Å². The number of ether oxygens (including phenoxy) is 3. The fraction of sp³-hybridized carbons (Fsp3) is 0.300. The topological polar surface area (TPSA) is 69.2 Å². The Morgan fingerprint density at radius 3 is 2.22 bits per heavy atom. The Bertz CT molecular complexity index is 781. The summed E-state index contributed by atoms with van der Waals surface area (Å²) in [6.45, 7) is 6.79. The van der Waals surface area contributed by atoms with Gasteiger partial charge in [-0.1, -0.05) is 12.1 Å². The Morgan fingerprint density at radius 2 is 1.67 bits per heavy atom. The van der Waals surface area contributed by atoms with Crippen LogP contribution in [-0.4, -0.2) is 31.9 Å². The fourth-order valence-electron chi connectivity index (χ4n) is 2.34. The van der Waals surface area contributed by atoms with Crippen molar-refractivity contribution in [2.45, 2.75) is 20.8 Å². The molecule has 0 aliphatic heterocycles. The van der Waals surface area contributed by atoms with Gasteiger partial charge in [-0.3, -0.25) is 4.79 Å². The van der Waals surface area contributed by atoms with Crippen LogP contribution in [0, 0.1) is 5.82 Å². The lowest BCUT2D eigenvalue weighted by molar-refractivity contribution is 0.0954. The van der Waals surface area contributed by atoms with Gasteiger partial charge in [0.25, 0.3) is 5.91 Å². The van der Waals surface area contributed by atoms with Gasteiger partial charge in [-0.15, -0.1) is 0 Å². The molecule has 0 atom stereocenters. The molecule has 2 rings (SSSR count). The molecule has 0 unspecified atom stereocenters. The standard InChI is InChI=1S/C20H23FN2O4/c1-4-25-17-11-15(12-18(26-5-2)19(17)27-6-3)20(24)23-22-13-14-8-7-9-16(21)10-14/h7-13H,4-6H2,1-3H3,(H,23,24). The van der Waals surface area contributed by atoms with Crippen molar-refractivity contribution in [1.82, 2.24) is 5.43 Å². The van der Waals surface area contributed by atoms with Crippen LogP contribution in [0.1, 0.15) is 36.7 Å². The zero-order valence-electron chi connectivity index (χ0n) is 15.6. The second-order valence-corrected chi connectivity index (χ2v) is 5.35. The van der Waals surface area contributed by atoms with E-state index in [0.29, 0.717) is 48.2 Å². The van der Waals surface area contributed by atoms with Crippen molar-refractivity contribution >= 4 is 12.1 Å². The number of hydrazone groups is 1. The number of benzene rings is 2. The van der Waals surface area contributed by atoms with E-state index >= 15 is 0 Å². The van der Waals surface area contributed by atoms with Crippen molar-refractivity contribution in [3.8, 4) is 17.2 Å². The molecule has 0 heterocycles. The maximum absolute atomic E-state index is 13.2. The summed E-state index contributed by atoms with van der Waals surface area (Å²) in [6, 6.07) is 9.03. The number of amides is 1. The highest BCUT2D eigenvalue weighted by Gasteiger charge is 2.18. The molecule has 0 radical (unpaired) electrons. The molecule has 0 aliphatic rings. The molecule has 6 nitrogen and oxygen atoms in total. The van der Waals surface area contributed by atoms with Gasteiger partial charge in [-0.2, -0.15) is 5.10 Å². The normalized spacial score (nSPS) is 10.7. The summed E-state index contributed by atoms with van der Waals surface area (Å²) < 4.78 is 30.0. The highest BCUT2D eigenvalue weighted by molar-refractivity contribution is 5.96. The van der Waals surface area contributed by atoms with E-state index in [1.165, 1.54) is 18.3 Å². The van der Waals surface area contributed by atoms with Crippen LogP contribution in [0.4, 0.5) is 4.39 Å². The van der Waals surface area contributed by atoms with Crippen molar-refractivity contribution < 1.29 is 23.4 Å². The average Bonchev–Trinajstić information content (AvgIpc) is 2.64. The zero-order chi connectivity index (χ0) is 19.6. The number of nitrogens with one attached hydrogen (secondary N) is 1. The lowest BCUT2D eigenvalue weighted by Gasteiger charge is -2.16. The van der Waals surface area contributed by atoms with E-state index in [1.807, 2.05) is 20.8 Å². The Kier molecular flexibility index (Phi) is 7.61. The lowest BCUT2D eigenvalue weighted by Crippen LogP contribution is -2.18. The van der Waals surface area contributed by atoms with Crippen molar-refractivity contribution in [2.24, 2.45) is 5.10 Å². The summed E-state index contributed by atoms with van der Waals surface area (Å²) in [5.41, 5.74) is 3.25. The molecule has 0 aromatic heterocycles. The molecule has 1 amide bonds. The van der Waals surface area contributed by atoms with Crippen molar-refractivity contribution in [3.63, 3.8) is 0 Å². The van der Waals surface area contributed by atoms with E-state index in [2.05, 4.69) is 10.5 Å². The Labute approximate surface area is 157 Å². The predicted molar refractivity (Wildman–Crippen MR) is 101 cm³/mol. The number of hydrogen-bond acceptors (Lipinski definition) is 5. The van der Waals surface area contributed by atoms with Gasteiger partial charge in [-0.05, 0) is 50.6 Å². The van der Waals surface area contributed by atoms with Crippen LogP contribution in [0.5, 0.6) is 17.2 Å². The van der Waals surface area contributed by atoms with Crippen molar-refractivity contribution in [1.29, 1.82) is 0 Å². The summed E-state index contributed by atoms with van der Waals surface area (Å²) in [5.74, 6) is 0.474. The van der Waals surface area contributed by atoms with Crippen molar-refractivity contribution in [3.05, 3.63) is 53.3 Å². The van der Waals surface area contributed by atoms with Crippen LogP contribution in [0.2, 0.25) is 0 Å². The number of rotatable bonds is 9. The number of nitrogens with zero attached hydrogens (tertiary/aromatic N) is 1. The summed E-state index contributed by atoms with van der Waals surface area (Å²) in [6.07, 6.45) is 1.36. The van der Waals surface area contributed by atoms with E-state index in [1.54, 1.807) is 24.3 Å². The first-order valence-corrected chi connectivity index (χ1v) is 8.74. The Balaban J connectivity index is 2.23. The van der Waals surface area contributed by atoms with Gasteiger partial charge in [0.15, 0.2) is 11.5 Å². The molecule has 0 saturated carbocycles. The summed E-state index contributed by atoms with van der Waals surface area (Å²) >= 11 is 0. The Morgan fingerprint density at radius 1 is 1.04 bits per heavy atom. The van der Waals surface area contributed by atoms with Gasteiger partial charge in [-0.25, -0.2) is 9.82 Å². The molecule has 2 aromatic carbocycles. The largest absolute Gasteiger partial charge is 0.490 e. The van der Waals surface area contributed by atoms with Gasteiger partial charge in [0, 0.05) is 5.56 Å². The zero-order valence-corrected chi connectivity index (χ0v) is 15.6. The summed E-state index contributed by atoms with van der Waals surface area (Å²) in [5, 5.41) is 3.87. The number of carbonyl (C=O) groups excluding carboxylic acids is 1. The minimum Gasteiger partial charge on any atom is -0.490 e. The van der Waals surface area contributed by atoms with Crippen molar-refractivity contribution in [2.75, 3.05) is 19.8 Å². The highest BCUT2D eigenvalue weighted by atomic mass is 19.1. The average molecular weight is 374 g/mol. The van der Waals surface area contributed by atoms with Crippen LogP contribution >= 0.6 is 0 Å². The number of halogens is 1. The first-order valence-electron chi connectivity index (χ1n) is 8.74. The second kappa shape index (κ2) is 10.2. The molecule has 27 heavy (non-hydrogen) atoms. The molecule has 0 fully saturated rings. The summed E-state index contributed by atoms with van der Waals surface area (Å²) in [4.78, 5) is 12.4. The lowest BCUT2D eigenvalue weighted by atomic mass is 10.1. The van der Waals surface area contributed by atoms with Gasteiger partial charge in [0.05, 0.1) is 26.0 Å². The number of hydrogen-bond donors (Lipinski definition) is 1. The predicted octanol–water partition coefficient (Wildman–Crippen LogP) is 3.79. The molecular formula is C20H23FN2O4. The van der Waals surface area contributed by atoms with E-state index < -0.39 is 5.91 Å². The molecule has 1 N–H and O–H groups in total. The van der Waals surface area contributed by atoms with Gasteiger partial charge in [0.2, 0.25) is 5.75 Å². The molecular weight excluding hydrogens is 351 g/mol. The maximum atomic E-state index is 13.2. The quantitative estimate of drug-likeness (QED) is 0.536. The molecule has 2 aromatic rings. The third kappa shape index (κ3) is 5.70. The third-order valence-electron chi connectivity index (χ3n) is 3.40. The van der Waals surface area contributed by atoms with Crippen LogP contribution in [-0.2, 0) is 0 Å². The molecule has 144 valence electrons. The van der Waals surface area contributed by atoms with Gasteiger partial charge >= 0.3 is 0 Å². The fourth-order valence-corrected chi connectivity index (χ4v) is 2.34. The highest BCUT2D eigenvalue weighted by Crippen LogP contribution is 2.39. The monoisotopic (exact) mass is 374 g/mol.